The summed E-state index contributed by atoms with van der Waals surface area (Å²) in [7, 11) is 1.97. The Morgan fingerprint density at radius 2 is 2.00 bits per heavy atom. The van der Waals surface area contributed by atoms with E-state index in [0.29, 0.717) is 12.6 Å². The van der Waals surface area contributed by atoms with Crippen molar-refractivity contribution in [2.24, 2.45) is 0 Å². The van der Waals surface area contributed by atoms with Gasteiger partial charge in [0.25, 0.3) is 5.69 Å². The van der Waals surface area contributed by atoms with Crippen LogP contribution in [0.4, 0.5) is 11.4 Å². The third kappa shape index (κ3) is 5.70. The van der Waals surface area contributed by atoms with Crippen molar-refractivity contribution < 1.29 is 14.5 Å². The van der Waals surface area contributed by atoms with E-state index >= 15 is 0 Å². The van der Waals surface area contributed by atoms with Crippen LogP contribution < -0.4 is 4.90 Å². The van der Waals surface area contributed by atoms with Crippen LogP contribution in [0.15, 0.2) is 24.3 Å². The fourth-order valence-corrected chi connectivity index (χ4v) is 3.06. The fraction of sp³-hybridized carbons (Fsp3) is 0.611. The first-order valence-electron chi connectivity index (χ1n) is 8.57. The Morgan fingerprint density at radius 3 is 2.56 bits per heavy atom. The van der Waals surface area contributed by atoms with Gasteiger partial charge >= 0.3 is 5.97 Å². The third-order valence-electron chi connectivity index (χ3n) is 4.33. The molecule has 0 saturated carbocycles. The molecule has 0 spiro atoms. The predicted octanol–water partition coefficient (Wildman–Crippen LogP) is 2.84. The van der Waals surface area contributed by atoms with Gasteiger partial charge < -0.3 is 9.64 Å². The van der Waals surface area contributed by atoms with Gasteiger partial charge in [-0.15, -0.1) is 0 Å². The standard InChI is InChI=1S/C18H27N3O4/c1-18(2,3)25-17(22)13-20-10-8-14(9-11-20)19(4)15-6-5-7-16(12-15)21(23)24/h5-7,12,14H,8-11,13H2,1-4H3. The van der Waals surface area contributed by atoms with Gasteiger partial charge in [0.1, 0.15) is 5.60 Å². The molecule has 0 amide bonds. The summed E-state index contributed by atoms with van der Waals surface area (Å²) in [5.41, 5.74) is 0.490. The molecule has 1 aromatic carbocycles. The molecule has 0 bridgehead atoms. The van der Waals surface area contributed by atoms with E-state index < -0.39 is 5.60 Å². The Kier molecular flexibility index (Phi) is 6.00. The average Bonchev–Trinajstić information content (AvgIpc) is 2.53. The zero-order chi connectivity index (χ0) is 18.6. The van der Waals surface area contributed by atoms with E-state index in [2.05, 4.69) is 9.80 Å². The number of non-ortho nitro benzene ring substituents is 1. The summed E-state index contributed by atoms with van der Waals surface area (Å²) in [4.78, 5) is 26.7. The van der Waals surface area contributed by atoms with Crippen LogP contribution in [0.1, 0.15) is 33.6 Å². The Hall–Kier alpha value is -2.15. The number of carbonyl (C=O) groups is 1. The van der Waals surface area contributed by atoms with Gasteiger partial charge in [0, 0.05) is 44.0 Å². The molecule has 2 rings (SSSR count). The number of nitrogens with zero attached hydrogens (tertiary/aromatic N) is 3. The number of nitro groups is 1. The molecule has 1 heterocycles. The lowest BCUT2D eigenvalue weighted by Crippen LogP contribution is -2.45. The zero-order valence-electron chi connectivity index (χ0n) is 15.4. The normalized spacial score (nSPS) is 16.5. The molecule has 0 aromatic heterocycles. The molecule has 0 N–H and O–H groups in total. The lowest BCUT2D eigenvalue weighted by atomic mass is 10.0. The van der Waals surface area contributed by atoms with Gasteiger partial charge in [0.05, 0.1) is 11.5 Å². The molecular formula is C18H27N3O4. The van der Waals surface area contributed by atoms with Crippen molar-refractivity contribution in [3.8, 4) is 0 Å². The minimum absolute atomic E-state index is 0.103. The summed E-state index contributed by atoms with van der Waals surface area (Å²) in [5.74, 6) is -0.196. The smallest absolute Gasteiger partial charge is 0.320 e. The molecule has 1 saturated heterocycles. The highest BCUT2D eigenvalue weighted by Crippen LogP contribution is 2.25. The Morgan fingerprint density at radius 1 is 1.36 bits per heavy atom. The Labute approximate surface area is 148 Å². The quantitative estimate of drug-likeness (QED) is 0.462. The van der Waals surface area contributed by atoms with Crippen molar-refractivity contribution in [1.82, 2.24) is 4.90 Å². The molecule has 7 heteroatoms. The molecular weight excluding hydrogens is 322 g/mol. The predicted molar refractivity (Wildman–Crippen MR) is 96.8 cm³/mol. The van der Waals surface area contributed by atoms with Gasteiger partial charge in [-0.3, -0.25) is 19.8 Å². The van der Waals surface area contributed by atoms with Gasteiger partial charge in [-0.1, -0.05) is 6.07 Å². The zero-order valence-corrected chi connectivity index (χ0v) is 15.4. The van der Waals surface area contributed by atoms with E-state index in [4.69, 9.17) is 4.74 Å². The largest absolute Gasteiger partial charge is 0.459 e. The maximum atomic E-state index is 11.9. The first-order chi connectivity index (χ1) is 11.7. The molecule has 0 unspecified atom stereocenters. The van der Waals surface area contributed by atoms with E-state index in [-0.39, 0.29) is 16.6 Å². The number of carbonyl (C=O) groups excluding carboxylic acids is 1. The maximum Gasteiger partial charge on any atom is 0.320 e. The van der Waals surface area contributed by atoms with Gasteiger partial charge in [0.15, 0.2) is 0 Å². The molecule has 1 aliphatic heterocycles. The number of likely N-dealkylation sites (tertiary alicyclic amines) is 1. The molecule has 1 aliphatic rings. The first kappa shape index (κ1) is 19.2. The number of piperidine rings is 1. The number of rotatable bonds is 5. The molecule has 138 valence electrons. The minimum atomic E-state index is -0.461. The Balaban J connectivity index is 1.88. The third-order valence-corrected chi connectivity index (χ3v) is 4.33. The van der Waals surface area contributed by atoms with Gasteiger partial charge in [-0.2, -0.15) is 0 Å². The number of hydrogen-bond acceptors (Lipinski definition) is 6. The SMILES string of the molecule is CN(c1cccc([N+](=O)[O-])c1)C1CCN(CC(=O)OC(C)(C)C)CC1. The van der Waals surface area contributed by atoms with Crippen LogP contribution in [0, 0.1) is 10.1 Å². The monoisotopic (exact) mass is 349 g/mol. The average molecular weight is 349 g/mol. The second kappa shape index (κ2) is 7.82. The van der Waals surface area contributed by atoms with Crippen LogP contribution in [0.5, 0.6) is 0 Å². The molecule has 1 fully saturated rings. The number of ether oxygens (including phenoxy) is 1. The lowest BCUT2D eigenvalue weighted by Gasteiger charge is -2.37. The van der Waals surface area contributed by atoms with E-state index in [9.17, 15) is 14.9 Å². The Bertz CT molecular complexity index is 619. The molecule has 7 nitrogen and oxygen atoms in total. The summed E-state index contributed by atoms with van der Waals surface area (Å²) >= 11 is 0. The fourth-order valence-electron chi connectivity index (χ4n) is 3.06. The van der Waals surface area contributed by atoms with E-state index in [1.165, 1.54) is 6.07 Å². The first-order valence-corrected chi connectivity index (χ1v) is 8.57. The highest BCUT2D eigenvalue weighted by Gasteiger charge is 2.26. The van der Waals surface area contributed by atoms with Gasteiger partial charge in [-0.25, -0.2) is 0 Å². The summed E-state index contributed by atoms with van der Waals surface area (Å²) in [6.07, 6.45) is 1.81. The number of nitro benzene ring substituents is 1. The van der Waals surface area contributed by atoms with Crippen LogP contribution in [-0.4, -0.2) is 54.1 Å². The summed E-state index contributed by atoms with van der Waals surface area (Å²) in [6.45, 7) is 7.53. The van der Waals surface area contributed by atoms with Crippen molar-refractivity contribution >= 4 is 17.3 Å². The molecule has 0 radical (unpaired) electrons. The van der Waals surface area contributed by atoms with Crippen molar-refractivity contribution in [3.05, 3.63) is 34.4 Å². The van der Waals surface area contributed by atoms with Crippen molar-refractivity contribution in [2.45, 2.75) is 45.3 Å². The van der Waals surface area contributed by atoms with Crippen molar-refractivity contribution in [1.29, 1.82) is 0 Å². The van der Waals surface area contributed by atoms with E-state index in [0.717, 1.165) is 31.6 Å². The number of esters is 1. The summed E-state index contributed by atoms with van der Waals surface area (Å²) in [5, 5.41) is 10.9. The molecule has 0 atom stereocenters. The lowest BCUT2D eigenvalue weighted by molar-refractivity contribution is -0.384. The number of hydrogen-bond donors (Lipinski definition) is 0. The van der Waals surface area contributed by atoms with Crippen LogP contribution in [-0.2, 0) is 9.53 Å². The van der Waals surface area contributed by atoms with Crippen molar-refractivity contribution in [2.75, 3.05) is 31.6 Å². The maximum absolute atomic E-state index is 11.9. The summed E-state index contributed by atoms with van der Waals surface area (Å²) in [6, 6.07) is 7.01. The minimum Gasteiger partial charge on any atom is -0.459 e. The number of benzene rings is 1. The summed E-state index contributed by atoms with van der Waals surface area (Å²) < 4.78 is 5.36. The second-order valence-electron chi connectivity index (χ2n) is 7.48. The van der Waals surface area contributed by atoms with Crippen LogP contribution in [0.3, 0.4) is 0 Å². The number of anilines is 1. The highest BCUT2D eigenvalue weighted by atomic mass is 16.6. The van der Waals surface area contributed by atoms with E-state index in [1.54, 1.807) is 12.1 Å². The molecule has 0 aliphatic carbocycles. The molecule has 1 aromatic rings. The topological polar surface area (TPSA) is 75.9 Å². The van der Waals surface area contributed by atoms with Gasteiger partial charge in [-0.05, 0) is 39.7 Å². The van der Waals surface area contributed by atoms with Crippen LogP contribution in [0.2, 0.25) is 0 Å². The second-order valence-corrected chi connectivity index (χ2v) is 7.48. The van der Waals surface area contributed by atoms with Crippen LogP contribution >= 0.6 is 0 Å². The van der Waals surface area contributed by atoms with Crippen molar-refractivity contribution in [3.63, 3.8) is 0 Å². The molecule has 25 heavy (non-hydrogen) atoms. The van der Waals surface area contributed by atoms with Crippen LogP contribution in [0.25, 0.3) is 0 Å². The van der Waals surface area contributed by atoms with Gasteiger partial charge in [0.2, 0.25) is 0 Å². The highest BCUT2D eigenvalue weighted by molar-refractivity contribution is 5.72. The van der Waals surface area contributed by atoms with E-state index in [1.807, 2.05) is 33.9 Å².